The smallest absolute Gasteiger partial charge is 0.154 e. The molecule has 1 fully saturated rings. The number of hydrogen-bond acceptors (Lipinski definition) is 3. The van der Waals surface area contributed by atoms with Gasteiger partial charge in [0.15, 0.2) is 9.84 Å². The summed E-state index contributed by atoms with van der Waals surface area (Å²) < 4.78 is 22.8. The van der Waals surface area contributed by atoms with Crippen LogP contribution < -0.4 is 5.73 Å². The van der Waals surface area contributed by atoms with E-state index in [2.05, 4.69) is 13.8 Å². The van der Waals surface area contributed by atoms with E-state index in [1.54, 1.807) is 13.8 Å². The topological polar surface area (TPSA) is 60.2 Å². The molecule has 1 saturated carbocycles. The molecule has 102 valence electrons. The van der Waals surface area contributed by atoms with E-state index in [1.165, 1.54) is 12.7 Å². The van der Waals surface area contributed by atoms with Crippen LogP contribution in [0.3, 0.4) is 0 Å². The van der Waals surface area contributed by atoms with Crippen molar-refractivity contribution < 1.29 is 8.42 Å². The van der Waals surface area contributed by atoms with Gasteiger partial charge in [0.05, 0.1) is 4.75 Å². The van der Waals surface area contributed by atoms with Crippen molar-refractivity contribution in [2.75, 3.05) is 6.26 Å². The molecule has 3 atom stereocenters. The minimum atomic E-state index is -3.11. The Balaban J connectivity index is 2.86. The molecule has 3 nitrogen and oxygen atoms in total. The van der Waals surface area contributed by atoms with Crippen molar-refractivity contribution in [1.29, 1.82) is 0 Å². The van der Waals surface area contributed by atoms with Crippen molar-refractivity contribution >= 4 is 9.84 Å². The summed E-state index contributed by atoms with van der Waals surface area (Å²) in [6.07, 6.45) is 4.65. The maximum absolute atomic E-state index is 11.8. The zero-order valence-corrected chi connectivity index (χ0v) is 12.5. The molecule has 0 spiro atoms. The molecule has 4 heteroatoms. The monoisotopic (exact) mass is 261 g/mol. The molecule has 1 rings (SSSR count). The van der Waals surface area contributed by atoms with E-state index in [0.29, 0.717) is 17.8 Å². The third-order valence-corrected chi connectivity index (χ3v) is 6.66. The zero-order chi connectivity index (χ0) is 13.4. The Bertz CT molecular complexity index is 352. The van der Waals surface area contributed by atoms with Gasteiger partial charge in [0, 0.05) is 12.3 Å². The Kier molecular flexibility index (Phi) is 4.30. The summed E-state index contributed by atoms with van der Waals surface area (Å²) in [7, 11) is -3.11. The second-order valence-electron chi connectivity index (χ2n) is 6.58. The number of nitrogens with two attached hydrogens (primary N) is 1. The summed E-state index contributed by atoms with van der Waals surface area (Å²) in [6.45, 7) is 8.00. The minimum Gasteiger partial charge on any atom is -0.326 e. The molecule has 2 N–H and O–H groups in total. The molecular formula is C13H27NO2S. The average molecular weight is 261 g/mol. The van der Waals surface area contributed by atoms with E-state index in [9.17, 15) is 8.42 Å². The van der Waals surface area contributed by atoms with Gasteiger partial charge in [0.25, 0.3) is 0 Å². The molecule has 17 heavy (non-hydrogen) atoms. The van der Waals surface area contributed by atoms with Gasteiger partial charge >= 0.3 is 0 Å². The molecule has 1 aliphatic rings. The average Bonchev–Trinajstić information content (AvgIpc) is 2.13. The summed E-state index contributed by atoms with van der Waals surface area (Å²) in [5, 5.41) is 0. The lowest BCUT2D eigenvalue weighted by atomic mass is 9.71. The maximum atomic E-state index is 11.8. The molecule has 0 aromatic rings. The third kappa shape index (κ3) is 3.22. The summed E-state index contributed by atoms with van der Waals surface area (Å²) in [4.78, 5) is 0. The van der Waals surface area contributed by atoms with Crippen molar-refractivity contribution in [1.82, 2.24) is 0 Å². The summed E-state index contributed by atoms with van der Waals surface area (Å²) in [6, 6.07) is -0.261. The van der Waals surface area contributed by atoms with Gasteiger partial charge in [-0.15, -0.1) is 0 Å². The fourth-order valence-electron chi connectivity index (χ4n) is 3.12. The first-order chi connectivity index (χ1) is 7.55. The maximum Gasteiger partial charge on any atom is 0.154 e. The van der Waals surface area contributed by atoms with Crippen LogP contribution in [-0.4, -0.2) is 25.5 Å². The van der Waals surface area contributed by atoms with Crippen molar-refractivity contribution in [3.63, 3.8) is 0 Å². The highest BCUT2D eigenvalue weighted by atomic mass is 32.2. The summed E-state index contributed by atoms with van der Waals surface area (Å²) >= 11 is 0. The Hall–Kier alpha value is -0.0900. The van der Waals surface area contributed by atoms with Crippen molar-refractivity contribution in [3.8, 4) is 0 Å². The molecule has 0 radical (unpaired) electrons. The van der Waals surface area contributed by atoms with Gasteiger partial charge in [0.2, 0.25) is 0 Å². The van der Waals surface area contributed by atoms with E-state index in [0.717, 1.165) is 12.8 Å². The molecule has 0 amide bonds. The Morgan fingerprint density at radius 1 is 1.12 bits per heavy atom. The third-order valence-electron chi connectivity index (χ3n) is 4.48. The van der Waals surface area contributed by atoms with Crippen LogP contribution in [0.5, 0.6) is 0 Å². The quantitative estimate of drug-likeness (QED) is 0.847. The van der Waals surface area contributed by atoms with Gasteiger partial charge in [-0.3, -0.25) is 0 Å². The standard InChI is InChI=1S/C13H27NO2S/c1-9-6-10(2)8-11(7-9)12(14)13(3,4)17(5,15)16/h9-12H,6-8,14H2,1-5H3. The van der Waals surface area contributed by atoms with Crippen LogP contribution in [0.15, 0.2) is 0 Å². The van der Waals surface area contributed by atoms with Gasteiger partial charge in [-0.05, 0) is 50.9 Å². The fourth-order valence-corrected chi connectivity index (χ4v) is 3.80. The van der Waals surface area contributed by atoms with E-state index < -0.39 is 14.6 Å². The number of sulfone groups is 1. The molecule has 0 bridgehead atoms. The second-order valence-corrected chi connectivity index (χ2v) is 9.18. The number of rotatable bonds is 3. The molecule has 0 aliphatic heterocycles. The van der Waals surface area contributed by atoms with Gasteiger partial charge in [-0.2, -0.15) is 0 Å². The van der Waals surface area contributed by atoms with Crippen LogP contribution in [0.4, 0.5) is 0 Å². The largest absolute Gasteiger partial charge is 0.326 e. The summed E-state index contributed by atoms with van der Waals surface area (Å²) in [5.74, 6) is 1.65. The van der Waals surface area contributed by atoms with Crippen LogP contribution in [0.25, 0.3) is 0 Å². The van der Waals surface area contributed by atoms with Gasteiger partial charge in [0.1, 0.15) is 0 Å². The van der Waals surface area contributed by atoms with E-state index >= 15 is 0 Å². The molecule has 1 aliphatic carbocycles. The molecule has 3 unspecified atom stereocenters. The predicted molar refractivity (Wildman–Crippen MR) is 72.6 cm³/mol. The van der Waals surface area contributed by atoms with Gasteiger partial charge in [-0.1, -0.05) is 13.8 Å². The molecule has 0 aromatic heterocycles. The normalized spacial score (nSPS) is 33.4. The van der Waals surface area contributed by atoms with E-state index in [1.807, 2.05) is 0 Å². The van der Waals surface area contributed by atoms with Crippen molar-refractivity contribution in [2.45, 2.75) is 57.7 Å². The Morgan fingerprint density at radius 3 is 1.88 bits per heavy atom. The van der Waals surface area contributed by atoms with Crippen LogP contribution >= 0.6 is 0 Å². The Morgan fingerprint density at radius 2 is 1.53 bits per heavy atom. The first-order valence-corrected chi connectivity index (χ1v) is 8.40. The molecule has 0 heterocycles. The lowest BCUT2D eigenvalue weighted by molar-refractivity contribution is 0.178. The lowest BCUT2D eigenvalue weighted by Crippen LogP contribution is -2.54. The van der Waals surface area contributed by atoms with E-state index in [-0.39, 0.29) is 6.04 Å². The highest BCUT2D eigenvalue weighted by Crippen LogP contribution is 2.38. The zero-order valence-electron chi connectivity index (χ0n) is 11.7. The first kappa shape index (κ1) is 15.0. The first-order valence-electron chi connectivity index (χ1n) is 6.51. The molecule has 0 aromatic carbocycles. The highest BCUT2D eigenvalue weighted by Gasteiger charge is 2.42. The SMILES string of the molecule is CC1CC(C)CC(C(N)C(C)(C)S(C)(=O)=O)C1. The Labute approximate surface area is 106 Å². The van der Waals surface area contributed by atoms with Crippen LogP contribution in [0.2, 0.25) is 0 Å². The highest BCUT2D eigenvalue weighted by molar-refractivity contribution is 7.92. The van der Waals surface area contributed by atoms with Crippen molar-refractivity contribution in [3.05, 3.63) is 0 Å². The van der Waals surface area contributed by atoms with E-state index in [4.69, 9.17) is 5.73 Å². The fraction of sp³-hybridized carbons (Fsp3) is 1.00. The van der Waals surface area contributed by atoms with Crippen LogP contribution in [0, 0.1) is 17.8 Å². The van der Waals surface area contributed by atoms with Crippen LogP contribution in [-0.2, 0) is 9.84 Å². The minimum absolute atomic E-state index is 0.261. The number of hydrogen-bond donors (Lipinski definition) is 1. The lowest BCUT2D eigenvalue weighted by Gasteiger charge is -2.41. The van der Waals surface area contributed by atoms with Gasteiger partial charge < -0.3 is 5.73 Å². The summed E-state index contributed by atoms with van der Waals surface area (Å²) in [5.41, 5.74) is 6.26. The van der Waals surface area contributed by atoms with Crippen LogP contribution in [0.1, 0.15) is 47.0 Å². The van der Waals surface area contributed by atoms with Gasteiger partial charge in [-0.25, -0.2) is 8.42 Å². The molecular weight excluding hydrogens is 234 g/mol. The van der Waals surface area contributed by atoms with Crippen molar-refractivity contribution in [2.24, 2.45) is 23.5 Å². The molecule has 0 saturated heterocycles. The second kappa shape index (κ2) is 4.88. The predicted octanol–water partition coefficient (Wildman–Crippen LogP) is 2.21.